The van der Waals surface area contributed by atoms with Crippen molar-refractivity contribution < 1.29 is 43.7 Å². The molecule has 94 valence electrons. The predicted molar refractivity (Wildman–Crippen MR) is 32.6 cm³/mol. The third-order valence-corrected chi connectivity index (χ3v) is 0.983. The van der Waals surface area contributed by atoms with Gasteiger partial charge >= 0.3 is 12.1 Å². The number of hydrogen-bond donors (Lipinski definition) is 0. The molecule has 0 aliphatic heterocycles. The Morgan fingerprint density at radius 3 is 1.27 bits per heavy atom. The molecular formula is C4H4F7O3S-. The minimum Gasteiger partial charge on any atom is -0.746 e. The average molecular weight is 265 g/mol. The van der Waals surface area contributed by atoms with Crippen LogP contribution < -0.4 is 0 Å². The zero-order chi connectivity index (χ0) is 12.9. The quantitative estimate of drug-likeness (QED) is 0.563. The molecule has 0 amide bonds. The van der Waals surface area contributed by atoms with Crippen molar-refractivity contribution in [3.05, 3.63) is 0 Å². The Hall–Kier alpha value is -0.580. The molecule has 0 saturated heterocycles. The summed E-state index contributed by atoms with van der Waals surface area (Å²) in [5, 5.41) is 0. The van der Waals surface area contributed by atoms with Crippen molar-refractivity contribution in [2.24, 2.45) is 0 Å². The molecule has 0 aromatic heterocycles. The fraction of sp³-hybridized carbons (Fsp3) is 1.00. The topological polar surface area (TPSA) is 57.2 Å². The Balaban J connectivity index is 0. The number of rotatable bonds is 2. The number of halogens is 7. The van der Waals surface area contributed by atoms with Crippen molar-refractivity contribution >= 4 is 10.1 Å². The minimum atomic E-state index is -5.76. The standard InChI is InChI=1S/C3H2F6.CH3FO3S/c4-1-2(5,6)3(7,8)9;2-1-6(3,4)5/h1H2;1H2,(H,3,4,5)/p-1. The lowest BCUT2D eigenvalue weighted by Crippen LogP contribution is -2.38. The first-order valence-corrected chi connectivity index (χ1v) is 4.45. The molecule has 0 fully saturated rings. The summed E-state index contributed by atoms with van der Waals surface area (Å²) in [5.41, 5.74) is 0. The van der Waals surface area contributed by atoms with E-state index in [2.05, 4.69) is 0 Å². The molecule has 0 spiro atoms. The van der Waals surface area contributed by atoms with E-state index in [0.29, 0.717) is 0 Å². The maximum Gasteiger partial charge on any atom is 0.456 e. The van der Waals surface area contributed by atoms with E-state index >= 15 is 0 Å². The zero-order valence-electron chi connectivity index (χ0n) is 6.69. The van der Waals surface area contributed by atoms with Crippen molar-refractivity contribution in [1.82, 2.24) is 0 Å². The summed E-state index contributed by atoms with van der Waals surface area (Å²) < 4.78 is 103. The average Bonchev–Trinajstić information content (AvgIpc) is 2.02. The van der Waals surface area contributed by atoms with Crippen LogP contribution in [0.5, 0.6) is 0 Å². The Morgan fingerprint density at radius 2 is 1.27 bits per heavy atom. The summed E-state index contributed by atoms with van der Waals surface area (Å²) in [6, 6.07) is -1.81. The van der Waals surface area contributed by atoms with Crippen molar-refractivity contribution in [3.8, 4) is 0 Å². The van der Waals surface area contributed by atoms with Crippen molar-refractivity contribution in [1.29, 1.82) is 0 Å². The molecule has 0 atom stereocenters. The summed E-state index contributed by atoms with van der Waals surface area (Å²) in [5.74, 6) is -5.19. The highest BCUT2D eigenvalue weighted by Gasteiger charge is 2.57. The third kappa shape index (κ3) is 8.42. The largest absolute Gasteiger partial charge is 0.746 e. The molecule has 3 nitrogen and oxygen atoms in total. The van der Waals surface area contributed by atoms with Crippen LogP contribution in [0, 0.1) is 0 Å². The Kier molecular flexibility index (Phi) is 6.16. The van der Waals surface area contributed by atoms with E-state index in [0.717, 1.165) is 0 Å². The molecule has 0 heterocycles. The zero-order valence-corrected chi connectivity index (χ0v) is 7.51. The molecule has 0 unspecified atom stereocenters. The highest BCUT2D eigenvalue weighted by molar-refractivity contribution is 7.85. The second-order valence-electron chi connectivity index (χ2n) is 2.00. The Labute approximate surface area is 79.6 Å². The van der Waals surface area contributed by atoms with E-state index in [4.69, 9.17) is 13.0 Å². The summed E-state index contributed by atoms with van der Waals surface area (Å²) in [6.45, 7) is -2.70. The van der Waals surface area contributed by atoms with Crippen LogP contribution in [-0.2, 0) is 10.1 Å². The molecule has 0 bridgehead atoms. The predicted octanol–water partition coefficient (Wildman–Crippen LogP) is 1.61. The Bertz CT molecular complexity index is 268. The van der Waals surface area contributed by atoms with E-state index in [9.17, 15) is 30.7 Å². The van der Waals surface area contributed by atoms with Gasteiger partial charge in [-0.1, -0.05) is 0 Å². The second-order valence-corrected chi connectivity index (χ2v) is 3.34. The second kappa shape index (κ2) is 5.49. The number of alkyl halides is 7. The van der Waals surface area contributed by atoms with E-state index in [1.165, 1.54) is 0 Å². The fourth-order valence-corrected chi connectivity index (χ4v) is 0.0758. The molecule has 0 rings (SSSR count). The lowest BCUT2D eigenvalue weighted by Gasteiger charge is -2.14. The van der Waals surface area contributed by atoms with E-state index in [-0.39, 0.29) is 0 Å². The van der Waals surface area contributed by atoms with Gasteiger partial charge in [0, 0.05) is 0 Å². The SMILES string of the molecule is FCC(F)(F)C(F)(F)F.O=S(=O)([O-])CF. The first kappa shape index (κ1) is 16.8. The van der Waals surface area contributed by atoms with Gasteiger partial charge in [-0.05, 0) is 0 Å². The summed E-state index contributed by atoms with van der Waals surface area (Å²) >= 11 is 0. The summed E-state index contributed by atoms with van der Waals surface area (Å²) in [7, 11) is -4.58. The van der Waals surface area contributed by atoms with Crippen LogP contribution in [0.1, 0.15) is 0 Å². The van der Waals surface area contributed by atoms with Crippen LogP contribution in [-0.4, -0.2) is 37.8 Å². The van der Waals surface area contributed by atoms with Crippen LogP contribution in [0.4, 0.5) is 30.7 Å². The fourth-order valence-electron chi connectivity index (χ4n) is 0.0758. The molecule has 15 heavy (non-hydrogen) atoms. The van der Waals surface area contributed by atoms with E-state index in [1.807, 2.05) is 0 Å². The Morgan fingerprint density at radius 1 is 1.00 bits per heavy atom. The van der Waals surface area contributed by atoms with Gasteiger partial charge in [0.05, 0.1) is 0 Å². The van der Waals surface area contributed by atoms with Gasteiger partial charge in [-0.15, -0.1) is 0 Å². The molecule has 0 aromatic carbocycles. The van der Waals surface area contributed by atoms with E-state index in [1.54, 1.807) is 0 Å². The van der Waals surface area contributed by atoms with Gasteiger partial charge in [0.15, 0.2) is 12.7 Å². The van der Waals surface area contributed by atoms with Gasteiger partial charge in [-0.25, -0.2) is 17.2 Å². The molecule has 0 aromatic rings. The monoisotopic (exact) mass is 265 g/mol. The maximum absolute atomic E-state index is 11.2. The van der Waals surface area contributed by atoms with Crippen molar-refractivity contribution in [2.75, 3.05) is 12.7 Å². The lowest BCUT2D eigenvalue weighted by molar-refractivity contribution is -0.286. The molecule has 0 radical (unpaired) electrons. The maximum atomic E-state index is 11.2. The van der Waals surface area contributed by atoms with Gasteiger partial charge in [-0.3, -0.25) is 0 Å². The molecule has 0 saturated carbocycles. The van der Waals surface area contributed by atoms with Crippen LogP contribution in [0.25, 0.3) is 0 Å². The van der Waals surface area contributed by atoms with Gasteiger partial charge < -0.3 is 4.55 Å². The minimum absolute atomic E-state index is 1.81. The van der Waals surface area contributed by atoms with Gasteiger partial charge in [0.2, 0.25) is 0 Å². The van der Waals surface area contributed by atoms with Gasteiger partial charge in [0.1, 0.15) is 10.1 Å². The van der Waals surface area contributed by atoms with Crippen LogP contribution in [0.3, 0.4) is 0 Å². The molecule has 0 aliphatic carbocycles. The van der Waals surface area contributed by atoms with Crippen molar-refractivity contribution in [2.45, 2.75) is 12.1 Å². The molecule has 0 N–H and O–H groups in total. The molecular weight excluding hydrogens is 261 g/mol. The first-order chi connectivity index (χ1) is 6.37. The molecule has 0 aliphatic rings. The third-order valence-electron chi connectivity index (χ3n) is 0.716. The van der Waals surface area contributed by atoms with Crippen LogP contribution in [0.15, 0.2) is 0 Å². The normalized spacial score (nSPS) is 13.1. The highest BCUT2D eigenvalue weighted by Crippen LogP contribution is 2.35. The first-order valence-electron chi connectivity index (χ1n) is 2.87. The smallest absolute Gasteiger partial charge is 0.456 e. The summed E-state index contributed by atoms with van der Waals surface area (Å²) in [4.78, 5) is 0. The highest BCUT2D eigenvalue weighted by atomic mass is 32.2. The van der Waals surface area contributed by atoms with Gasteiger partial charge in [0.25, 0.3) is 0 Å². The van der Waals surface area contributed by atoms with E-state index < -0.39 is 34.9 Å². The molecule has 11 heteroatoms. The van der Waals surface area contributed by atoms with Gasteiger partial charge in [-0.2, -0.15) is 22.0 Å². The van der Waals surface area contributed by atoms with Crippen molar-refractivity contribution in [3.63, 3.8) is 0 Å². The number of hydrogen-bond acceptors (Lipinski definition) is 3. The summed E-state index contributed by atoms with van der Waals surface area (Å²) in [6.07, 6.45) is -5.76. The van der Waals surface area contributed by atoms with Crippen LogP contribution in [0.2, 0.25) is 0 Å². The lowest BCUT2D eigenvalue weighted by atomic mass is 10.4. The van der Waals surface area contributed by atoms with Crippen LogP contribution >= 0.6 is 0 Å².